The highest BCUT2D eigenvalue weighted by Crippen LogP contribution is 2.26. The van der Waals surface area contributed by atoms with Crippen LogP contribution in [0.5, 0.6) is 0 Å². The molecular weight excluding hydrogens is 274 g/mol. The van der Waals surface area contributed by atoms with Crippen molar-refractivity contribution in [2.75, 3.05) is 19.6 Å². The highest BCUT2D eigenvalue weighted by atomic mass is 16.1. The van der Waals surface area contributed by atoms with E-state index in [0.717, 1.165) is 32.5 Å². The third kappa shape index (κ3) is 3.87. The van der Waals surface area contributed by atoms with Gasteiger partial charge in [0.05, 0.1) is 0 Å². The van der Waals surface area contributed by atoms with E-state index in [9.17, 15) is 4.79 Å². The molecule has 0 aromatic heterocycles. The molecule has 2 aliphatic rings. The molecular formula is C18H27N3O. The number of benzene rings is 1. The van der Waals surface area contributed by atoms with Crippen molar-refractivity contribution in [2.45, 2.75) is 50.1 Å². The van der Waals surface area contributed by atoms with Gasteiger partial charge in [0.15, 0.2) is 0 Å². The minimum absolute atomic E-state index is 0.167. The number of nitrogens with zero attached hydrogens (tertiary/aromatic N) is 1. The summed E-state index contributed by atoms with van der Waals surface area (Å²) >= 11 is 0. The quantitative estimate of drug-likeness (QED) is 0.873. The molecule has 120 valence electrons. The smallest absolute Gasteiger partial charge is 0.221 e. The summed E-state index contributed by atoms with van der Waals surface area (Å²) in [5, 5.41) is 3.16. The number of nitrogens with two attached hydrogens (primary N) is 1. The van der Waals surface area contributed by atoms with Gasteiger partial charge in [-0.2, -0.15) is 0 Å². The van der Waals surface area contributed by atoms with E-state index < -0.39 is 0 Å². The summed E-state index contributed by atoms with van der Waals surface area (Å²) < 4.78 is 0. The fourth-order valence-corrected chi connectivity index (χ4v) is 3.78. The Balaban J connectivity index is 1.45. The fourth-order valence-electron chi connectivity index (χ4n) is 3.78. The summed E-state index contributed by atoms with van der Waals surface area (Å²) in [5.74, 6) is 0.586. The zero-order valence-electron chi connectivity index (χ0n) is 13.2. The van der Waals surface area contributed by atoms with Crippen LogP contribution in [0.15, 0.2) is 30.3 Å². The van der Waals surface area contributed by atoms with Crippen molar-refractivity contribution in [3.05, 3.63) is 35.9 Å². The lowest BCUT2D eigenvalue weighted by Gasteiger charge is -2.17. The maximum absolute atomic E-state index is 12.0. The van der Waals surface area contributed by atoms with Gasteiger partial charge < -0.3 is 16.0 Å². The molecule has 1 aliphatic heterocycles. The molecule has 1 saturated carbocycles. The predicted octanol–water partition coefficient (Wildman–Crippen LogP) is 1.86. The van der Waals surface area contributed by atoms with Crippen LogP contribution in [0.2, 0.25) is 0 Å². The Hall–Kier alpha value is -1.39. The first-order valence-corrected chi connectivity index (χ1v) is 8.54. The number of carbonyl (C=O) groups is 1. The summed E-state index contributed by atoms with van der Waals surface area (Å²) in [4.78, 5) is 14.3. The summed E-state index contributed by atoms with van der Waals surface area (Å²) in [6.07, 6.45) is 5.40. The summed E-state index contributed by atoms with van der Waals surface area (Å²) in [7, 11) is 0. The van der Waals surface area contributed by atoms with E-state index in [2.05, 4.69) is 34.5 Å². The molecule has 1 aliphatic carbocycles. The first-order chi connectivity index (χ1) is 10.7. The van der Waals surface area contributed by atoms with Gasteiger partial charge in [-0.1, -0.05) is 43.2 Å². The Labute approximate surface area is 133 Å². The van der Waals surface area contributed by atoms with Crippen LogP contribution in [0, 0.1) is 0 Å². The molecule has 1 heterocycles. The van der Waals surface area contributed by atoms with E-state index in [0.29, 0.717) is 18.4 Å². The van der Waals surface area contributed by atoms with E-state index >= 15 is 0 Å². The van der Waals surface area contributed by atoms with Crippen LogP contribution in [0.25, 0.3) is 0 Å². The Morgan fingerprint density at radius 3 is 2.64 bits per heavy atom. The molecule has 0 bridgehead atoms. The van der Waals surface area contributed by atoms with Gasteiger partial charge in [0.2, 0.25) is 5.91 Å². The van der Waals surface area contributed by atoms with Gasteiger partial charge in [-0.3, -0.25) is 4.79 Å². The van der Waals surface area contributed by atoms with Crippen molar-refractivity contribution < 1.29 is 4.79 Å². The van der Waals surface area contributed by atoms with Crippen molar-refractivity contribution in [1.29, 1.82) is 0 Å². The van der Waals surface area contributed by atoms with Gasteiger partial charge in [0.1, 0.15) is 0 Å². The van der Waals surface area contributed by atoms with Crippen LogP contribution in [-0.4, -0.2) is 42.5 Å². The molecule has 0 radical (unpaired) electrons. The Kier molecular flexibility index (Phi) is 5.11. The number of amides is 1. The third-order valence-corrected chi connectivity index (χ3v) is 5.04. The zero-order chi connectivity index (χ0) is 15.4. The molecule has 1 aromatic carbocycles. The number of hydrogen-bond acceptors (Lipinski definition) is 3. The fraction of sp³-hybridized carbons (Fsp3) is 0.611. The zero-order valence-corrected chi connectivity index (χ0v) is 13.2. The lowest BCUT2D eigenvalue weighted by Crippen LogP contribution is -2.35. The normalized spacial score (nSPS) is 26.4. The van der Waals surface area contributed by atoms with E-state index in [1.807, 2.05) is 6.07 Å². The van der Waals surface area contributed by atoms with Gasteiger partial charge in [0, 0.05) is 44.1 Å². The van der Waals surface area contributed by atoms with E-state index in [4.69, 9.17) is 5.73 Å². The van der Waals surface area contributed by atoms with Gasteiger partial charge in [0.25, 0.3) is 0 Å². The minimum Gasteiger partial charge on any atom is -0.353 e. The van der Waals surface area contributed by atoms with Gasteiger partial charge in [-0.25, -0.2) is 0 Å². The Bertz CT molecular complexity index is 484. The first kappa shape index (κ1) is 15.5. The molecule has 2 fully saturated rings. The van der Waals surface area contributed by atoms with E-state index in [1.54, 1.807) is 0 Å². The van der Waals surface area contributed by atoms with Crippen LogP contribution in [0.3, 0.4) is 0 Å². The molecule has 1 aromatic rings. The molecule has 0 unspecified atom stereocenters. The first-order valence-electron chi connectivity index (χ1n) is 8.54. The van der Waals surface area contributed by atoms with E-state index in [-0.39, 0.29) is 11.9 Å². The molecule has 1 amide bonds. The maximum Gasteiger partial charge on any atom is 0.221 e. The number of rotatable bonds is 5. The minimum atomic E-state index is 0.167. The molecule has 4 nitrogen and oxygen atoms in total. The van der Waals surface area contributed by atoms with Gasteiger partial charge in [-0.05, 0) is 18.4 Å². The molecule has 4 heteroatoms. The summed E-state index contributed by atoms with van der Waals surface area (Å²) in [6.45, 7) is 2.66. The summed E-state index contributed by atoms with van der Waals surface area (Å²) in [5.41, 5.74) is 7.61. The standard InChI is InChI=1S/C18H27N3O/c19-17-13-21(12-16(17)14-6-2-1-3-7-14)11-10-18(22)20-15-8-4-5-9-15/h1-3,6-7,15-17H,4-5,8-13,19H2,(H,20,22)/t16-,17+/m1/s1. The van der Waals surface area contributed by atoms with E-state index in [1.165, 1.54) is 18.4 Å². The molecule has 3 rings (SSSR count). The second-order valence-electron chi connectivity index (χ2n) is 6.74. The van der Waals surface area contributed by atoms with Crippen molar-refractivity contribution in [1.82, 2.24) is 10.2 Å². The molecule has 0 spiro atoms. The average Bonchev–Trinajstić information content (AvgIpc) is 3.16. The second kappa shape index (κ2) is 7.25. The lowest BCUT2D eigenvalue weighted by molar-refractivity contribution is -0.122. The van der Waals surface area contributed by atoms with Crippen LogP contribution in [-0.2, 0) is 4.79 Å². The Morgan fingerprint density at radius 1 is 1.18 bits per heavy atom. The monoisotopic (exact) mass is 301 g/mol. The SMILES string of the molecule is N[C@H]1CN(CCC(=O)NC2CCCC2)C[C@@H]1c1ccccc1. The maximum atomic E-state index is 12.0. The second-order valence-corrected chi connectivity index (χ2v) is 6.74. The molecule has 2 atom stereocenters. The molecule has 3 N–H and O–H groups in total. The van der Waals surface area contributed by atoms with Crippen LogP contribution in [0.4, 0.5) is 0 Å². The largest absolute Gasteiger partial charge is 0.353 e. The van der Waals surface area contributed by atoms with Crippen molar-refractivity contribution >= 4 is 5.91 Å². The van der Waals surface area contributed by atoms with Crippen molar-refractivity contribution in [3.63, 3.8) is 0 Å². The number of nitrogens with one attached hydrogen (secondary N) is 1. The Morgan fingerprint density at radius 2 is 1.91 bits per heavy atom. The van der Waals surface area contributed by atoms with Gasteiger partial charge in [-0.15, -0.1) is 0 Å². The highest BCUT2D eigenvalue weighted by molar-refractivity contribution is 5.76. The number of hydrogen-bond donors (Lipinski definition) is 2. The average molecular weight is 301 g/mol. The van der Waals surface area contributed by atoms with Crippen molar-refractivity contribution in [3.8, 4) is 0 Å². The van der Waals surface area contributed by atoms with Gasteiger partial charge >= 0.3 is 0 Å². The van der Waals surface area contributed by atoms with Crippen LogP contribution in [0.1, 0.15) is 43.6 Å². The summed E-state index contributed by atoms with van der Waals surface area (Å²) in [6, 6.07) is 11.1. The predicted molar refractivity (Wildman–Crippen MR) is 88.6 cm³/mol. The third-order valence-electron chi connectivity index (χ3n) is 5.04. The number of likely N-dealkylation sites (tertiary alicyclic amines) is 1. The topological polar surface area (TPSA) is 58.4 Å². The highest BCUT2D eigenvalue weighted by Gasteiger charge is 2.31. The molecule has 1 saturated heterocycles. The number of carbonyl (C=O) groups excluding carboxylic acids is 1. The van der Waals surface area contributed by atoms with Crippen LogP contribution >= 0.6 is 0 Å². The lowest BCUT2D eigenvalue weighted by atomic mass is 9.95. The molecule has 22 heavy (non-hydrogen) atoms. The van der Waals surface area contributed by atoms with Crippen LogP contribution < -0.4 is 11.1 Å². The van der Waals surface area contributed by atoms with Crippen molar-refractivity contribution in [2.24, 2.45) is 5.73 Å².